The summed E-state index contributed by atoms with van der Waals surface area (Å²) in [5.41, 5.74) is 0.894. The van der Waals surface area contributed by atoms with E-state index in [4.69, 9.17) is 0 Å². The smallest absolute Gasteiger partial charge is 0.239 e. The van der Waals surface area contributed by atoms with Crippen molar-refractivity contribution >= 4 is 11.7 Å². The van der Waals surface area contributed by atoms with Gasteiger partial charge < -0.3 is 5.32 Å². The van der Waals surface area contributed by atoms with Gasteiger partial charge in [-0.1, -0.05) is 6.42 Å². The number of hydrogen-bond donors (Lipinski definition) is 1. The Balaban J connectivity index is 1.63. The van der Waals surface area contributed by atoms with Crippen molar-refractivity contribution in [3.05, 3.63) is 23.4 Å². The Morgan fingerprint density at radius 1 is 1.28 bits per heavy atom. The maximum Gasteiger partial charge on any atom is 0.239 e. The number of nitrogens with zero attached hydrogens (tertiary/aromatic N) is 6. The lowest BCUT2D eigenvalue weighted by Crippen LogP contribution is -2.46. The highest BCUT2D eigenvalue weighted by Crippen LogP contribution is 2.19. The minimum absolute atomic E-state index is 0.00129. The van der Waals surface area contributed by atoms with E-state index in [0.717, 1.165) is 49.1 Å². The third-order valence-electron chi connectivity index (χ3n) is 4.71. The minimum Gasteiger partial charge on any atom is -0.310 e. The van der Waals surface area contributed by atoms with Crippen LogP contribution in [0.5, 0.6) is 0 Å². The van der Waals surface area contributed by atoms with Crippen molar-refractivity contribution in [3.8, 4) is 0 Å². The molecule has 1 aliphatic rings. The molecule has 2 aromatic rings. The molecule has 2 aromatic heterocycles. The van der Waals surface area contributed by atoms with Gasteiger partial charge in [-0.3, -0.25) is 14.4 Å². The lowest BCUT2D eigenvalue weighted by Gasteiger charge is -2.35. The highest BCUT2D eigenvalue weighted by molar-refractivity contribution is 5.91. The maximum absolute atomic E-state index is 12.5. The van der Waals surface area contributed by atoms with Crippen molar-refractivity contribution in [2.75, 3.05) is 18.4 Å². The van der Waals surface area contributed by atoms with Crippen LogP contribution in [0.4, 0.5) is 5.82 Å². The molecule has 0 aromatic carbocycles. The standard InChI is InChI=1S/C17H27N7O/c1-12-9-16(22(4)20-12)19-17(25)11-23-8-6-5-7-15(23)10-24-14(3)18-13(2)21-24/h9,15H,5-8,10-11H2,1-4H3,(H,19,25)/t15-/m0/s1. The Labute approximate surface area is 148 Å². The zero-order chi connectivity index (χ0) is 18.0. The van der Waals surface area contributed by atoms with Crippen LogP contribution in [0.2, 0.25) is 0 Å². The molecule has 1 amide bonds. The van der Waals surface area contributed by atoms with Crippen LogP contribution in [0.15, 0.2) is 6.07 Å². The number of likely N-dealkylation sites (tertiary alicyclic amines) is 1. The molecule has 0 aliphatic carbocycles. The molecule has 0 unspecified atom stereocenters. The fourth-order valence-electron chi connectivity index (χ4n) is 3.50. The summed E-state index contributed by atoms with van der Waals surface area (Å²) in [7, 11) is 1.84. The second-order valence-corrected chi connectivity index (χ2v) is 6.85. The van der Waals surface area contributed by atoms with E-state index in [1.165, 1.54) is 6.42 Å². The van der Waals surface area contributed by atoms with Crippen LogP contribution < -0.4 is 5.32 Å². The fourth-order valence-corrected chi connectivity index (χ4v) is 3.50. The first-order valence-electron chi connectivity index (χ1n) is 8.85. The number of amides is 1. The fraction of sp³-hybridized carbons (Fsp3) is 0.647. The van der Waals surface area contributed by atoms with Crippen LogP contribution in [0.1, 0.15) is 36.6 Å². The van der Waals surface area contributed by atoms with Crippen LogP contribution in [-0.2, 0) is 18.4 Å². The van der Waals surface area contributed by atoms with Crippen molar-refractivity contribution in [1.82, 2.24) is 29.4 Å². The molecule has 1 aliphatic heterocycles. The van der Waals surface area contributed by atoms with Crippen LogP contribution >= 0.6 is 0 Å². The molecule has 1 fully saturated rings. The lowest BCUT2D eigenvalue weighted by atomic mass is 10.0. The average Bonchev–Trinajstić information content (AvgIpc) is 3.02. The summed E-state index contributed by atoms with van der Waals surface area (Å²) in [5, 5.41) is 11.7. The van der Waals surface area contributed by atoms with E-state index in [1.54, 1.807) is 4.68 Å². The van der Waals surface area contributed by atoms with Crippen LogP contribution in [0.25, 0.3) is 0 Å². The summed E-state index contributed by atoms with van der Waals surface area (Å²) in [6.07, 6.45) is 3.40. The van der Waals surface area contributed by atoms with Gasteiger partial charge in [0.05, 0.1) is 18.8 Å². The largest absolute Gasteiger partial charge is 0.310 e. The van der Waals surface area contributed by atoms with Crippen molar-refractivity contribution < 1.29 is 4.79 Å². The third kappa shape index (κ3) is 4.25. The van der Waals surface area contributed by atoms with Gasteiger partial charge in [-0.15, -0.1) is 0 Å². The molecule has 3 rings (SSSR count). The number of nitrogens with one attached hydrogen (secondary N) is 1. The summed E-state index contributed by atoms with van der Waals surface area (Å²) < 4.78 is 3.66. The van der Waals surface area contributed by atoms with E-state index in [1.807, 2.05) is 38.6 Å². The molecular formula is C17H27N7O. The molecule has 1 atom stereocenters. The first-order chi connectivity index (χ1) is 11.9. The molecule has 8 nitrogen and oxygen atoms in total. The second-order valence-electron chi connectivity index (χ2n) is 6.85. The van der Waals surface area contributed by atoms with E-state index < -0.39 is 0 Å². The Hall–Kier alpha value is -2.22. The van der Waals surface area contributed by atoms with Crippen LogP contribution in [-0.4, -0.2) is 54.5 Å². The molecule has 3 heterocycles. The van der Waals surface area contributed by atoms with E-state index in [0.29, 0.717) is 12.6 Å². The summed E-state index contributed by atoms with van der Waals surface area (Å²) in [5.74, 6) is 2.46. The number of aromatic nitrogens is 5. The van der Waals surface area contributed by atoms with E-state index in [9.17, 15) is 4.79 Å². The number of anilines is 1. The Bertz CT molecular complexity index is 748. The number of piperidine rings is 1. The number of carbonyl (C=O) groups excluding carboxylic acids is 1. The number of aryl methyl sites for hydroxylation is 4. The summed E-state index contributed by atoms with van der Waals surface area (Å²) in [6, 6.07) is 2.19. The van der Waals surface area contributed by atoms with Crippen molar-refractivity contribution in [2.45, 2.75) is 52.6 Å². The van der Waals surface area contributed by atoms with Gasteiger partial charge in [-0.2, -0.15) is 10.2 Å². The molecule has 25 heavy (non-hydrogen) atoms. The van der Waals surface area contributed by atoms with Gasteiger partial charge >= 0.3 is 0 Å². The molecule has 1 saturated heterocycles. The van der Waals surface area contributed by atoms with Gasteiger partial charge in [-0.25, -0.2) is 9.67 Å². The Kier molecular flexibility index (Phi) is 5.17. The monoisotopic (exact) mass is 345 g/mol. The second kappa shape index (κ2) is 7.35. The average molecular weight is 345 g/mol. The van der Waals surface area contributed by atoms with Gasteiger partial charge in [0, 0.05) is 19.2 Å². The maximum atomic E-state index is 12.5. The topological polar surface area (TPSA) is 80.9 Å². The number of carbonyl (C=O) groups is 1. The highest BCUT2D eigenvalue weighted by atomic mass is 16.2. The van der Waals surface area contributed by atoms with Gasteiger partial charge in [0.25, 0.3) is 0 Å². The first-order valence-corrected chi connectivity index (χ1v) is 8.85. The lowest BCUT2D eigenvalue weighted by molar-refractivity contribution is -0.118. The predicted molar refractivity (Wildman–Crippen MR) is 95.3 cm³/mol. The molecule has 0 spiro atoms. The molecular weight excluding hydrogens is 318 g/mol. The minimum atomic E-state index is 0.00129. The van der Waals surface area contributed by atoms with Gasteiger partial charge in [0.15, 0.2) is 0 Å². The summed E-state index contributed by atoms with van der Waals surface area (Å²) >= 11 is 0. The molecule has 0 radical (unpaired) electrons. The van der Waals surface area contributed by atoms with Crippen LogP contribution in [0, 0.1) is 20.8 Å². The van der Waals surface area contributed by atoms with Crippen molar-refractivity contribution in [3.63, 3.8) is 0 Å². The molecule has 0 bridgehead atoms. The Morgan fingerprint density at radius 3 is 2.72 bits per heavy atom. The summed E-state index contributed by atoms with van der Waals surface area (Å²) in [6.45, 7) is 7.91. The molecule has 1 N–H and O–H groups in total. The van der Waals surface area contributed by atoms with Gasteiger partial charge in [0.2, 0.25) is 5.91 Å². The van der Waals surface area contributed by atoms with E-state index in [2.05, 4.69) is 25.4 Å². The number of hydrogen-bond acceptors (Lipinski definition) is 5. The summed E-state index contributed by atoms with van der Waals surface area (Å²) in [4.78, 5) is 19.1. The van der Waals surface area contributed by atoms with E-state index >= 15 is 0 Å². The van der Waals surface area contributed by atoms with Gasteiger partial charge in [-0.05, 0) is 40.2 Å². The molecule has 0 saturated carbocycles. The van der Waals surface area contributed by atoms with Crippen molar-refractivity contribution in [2.24, 2.45) is 7.05 Å². The Morgan fingerprint density at radius 2 is 2.08 bits per heavy atom. The normalized spacial score (nSPS) is 18.5. The molecule has 136 valence electrons. The highest BCUT2D eigenvalue weighted by Gasteiger charge is 2.25. The molecule has 8 heteroatoms. The zero-order valence-electron chi connectivity index (χ0n) is 15.5. The van der Waals surface area contributed by atoms with Crippen molar-refractivity contribution in [1.29, 1.82) is 0 Å². The van der Waals surface area contributed by atoms with Gasteiger partial charge in [0.1, 0.15) is 17.5 Å². The van der Waals surface area contributed by atoms with Crippen LogP contribution in [0.3, 0.4) is 0 Å². The van der Waals surface area contributed by atoms with E-state index in [-0.39, 0.29) is 5.91 Å². The quantitative estimate of drug-likeness (QED) is 0.887. The SMILES string of the molecule is Cc1cc(NC(=O)CN2CCCC[C@H]2Cn2nc(C)nc2C)n(C)n1. The number of rotatable bonds is 5. The third-order valence-corrected chi connectivity index (χ3v) is 4.71. The first kappa shape index (κ1) is 17.6. The zero-order valence-corrected chi connectivity index (χ0v) is 15.5. The predicted octanol–water partition coefficient (Wildman–Crippen LogP) is 1.43.